The van der Waals surface area contributed by atoms with Crippen LogP contribution in [0.1, 0.15) is 21.6 Å². The largest absolute Gasteiger partial charge is 0.425 e. The summed E-state index contributed by atoms with van der Waals surface area (Å²) in [4.78, 5) is 23.8. The standard InChI is InChI=1S/C14H10ClF6N3O2/c1-6-9(11(26)24-23-6)12(13(16,17)18,14(19,20)21)22-10(25)7-2-4-8(15)5-3-7/h2-5H,1H3,(H,22,25)(H2,23,24,26). The van der Waals surface area contributed by atoms with Gasteiger partial charge in [-0.05, 0) is 31.2 Å². The fraction of sp³-hybridized carbons (Fsp3) is 0.286. The lowest BCUT2D eigenvalue weighted by Crippen LogP contribution is -2.66. The molecule has 0 spiro atoms. The summed E-state index contributed by atoms with van der Waals surface area (Å²) in [5.41, 5.74) is -9.49. The topological polar surface area (TPSA) is 77.8 Å². The van der Waals surface area contributed by atoms with Gasteiger partial charge in [0.05, 0.1) is 5.56 Å². The summed E-state index contributed by atoms with van der Waals surface area (Å²) in [5.74, 6) is -1.68. The van der Waals surface area contributed by atoms with Crippen molar-refractivity contribution in [2.45, 2.75) is 24.8 Å². The monoisotopic (exact) mass is 401 g/mol. The number of alkyl halides is 6. The van der Waals surface area contributed by atoms with Gasteiger partial charge in [0, 0.05) is 16.3 Å². The maximum Gasteiger partial charge on any atom is 0.425 e. The zero-order chi connectivity index (χ0) is 19.9. The van der Waals surface area contributed by atoms with Crippen molar-refractivity contribution >= 4 is 17.5 Å². The Hall–Kier alpha value is -2.43. The SMILES string of the molecule is Cc1[nH][nH]c(=O)c1C(NC(=O)c1ccc(Cl)cc1)(C(F)(F)F)C(F)(F)F. The van der Waals surface area contributed by atoms with Crippen molar-refractivity contribution in [3.05, 3.63) is 56.5 Å². The molecular formula is C14H10ClF6N3O2. The van der Waals surface area contributed by atoms with Crippen molar-refractivity contribution in [2.24, 2.45) is 0 Å². The molecule has 26 heavy (non-hydrogen) atoms. The second-order valence-corrected chi connectivity index (χ2v) is 5.72. The Balaban J connectivity index is 2.70. The Bertz CT molecular complexity index is 853. The molecule has 2 aromatic rings. The fourth-order valence-corrected chi connectivity index (χ4v) is 2.52. The molecule has 1 aromatic carbocycles. The van der Waals surface area contributed by atoms with Crippen LogP contribution >= 0.6 is 11.6 Å². The van der Waals surface area contributed by atoms with Crippen LogP contribution in [0.25, 0.3) is 0 Å². The lowest BCUT2D eigenvalue weighted by Gasteiger charge is -2.37. The number of hydrogen-bond acceptors (Lipinski definition) is 2. The van der Waals surface area contributed by atoms with Crippen LogP contribution in [0.3, 0.4) is 0 Å². The van der Waals surface area contributed by atoms with E-state index in [4.69, 9.17) is 11.6 Å². The van der Waals surface area contributed by atoms with E-state index in [1.807, 2.05) is 5.10 Å². The predicted molar refractivity (Wildman–Crippen MR) is 78.9 cm³/mol. The van der Waals surface area contributed by atoms with Crippen LogP contribution in [0.15, 0.2) is 29.1 Å². The van der Waals surface area contributed by atoms with E-state index in [1.54, 1.807) is 5.10 Å². The van der Waals surface area contributed by atoms with Crippen LogP contribution in [0.2, 0.25) is 5.02 Å². The second-order valence-electron chi connectivity index (χ2n) is 5.29. The molecule has 0 saturated carbocycles. The molecular weight excluding hydrogens is 392 g/mol. The molecule has 2 rings (SSSR count). The number of aromatic amines is 2. The van der Waals surface area contributed by atoms with E-state index in [0.717, 1.165) is 36.5 Å². The molecule has 0 fully saturated rings. The predicted octanol–water partition coefficient (Wildman–Crippen LogP) is 3.41. The van der Waals surface area contributed by atoms with Crippen LogP contribution in [0.5, 0.6) is 0 Å². The Labute approximate surface area is 146 Å². The van der Waals surface area contributed by atoms with Gasteiger partial charge in [0.1, 0.15) is 0 Å². The molecule has 0 aliphatic rings. The third-order valence-electron chi connectivity index (χ3n) is 3.60. The lowest BCUT2D eigenvalue weighted by atomic mass is 9.87. The molecule has 0 saturated heterocycles. The number of rotatable bonds is 3. The number of nitrogens with one attached hydrogen (secondary N) is 3. The zero-order valence-electron chi connectivity index (χ0n) is 12.8. The van der Waals surface area contributed by atoms with Crippen LogP contribution < -0.4 is 10.9 Å². The molecule has 3 N–H and O–H groups in total. The van der Waals surface area contributed by atoms with E-state index in [0.29, 0.717) is 0 Å². The summed E-state index contributed by atoms with van der Waals surface area (Å²) in [6.07, 6.45) is -12.1. The molecule has 0 aliphatic carbocycles. The van der Waals surface area contributed by atoms with Crippen molar-refractivity contribution in [2.75, 3.05) is 0 Å². The highest BCUT2D eigenvalue weighted by atomic mass is 35.5. The average molecular weight is 402 g/mol. The molecule has 1 heterocycles. The zero-order valence-corrected chi connectivity index (χ0v) is 13.5. The summed E-state index contributed by atoms with van der Waals surface area (Å²) in [6.45, 7) is 0.841. The number of carbonyl (C=O) groups excluding carboxylic acids is 1. The maximum atomic E-state index is 13.6. The first-order chi connectivity index (χ1) is 11.8. The van der Waals surface area contributed by atoms with Gasteiger partial charge < -0.3 is 10.4 Å². The summed E-state index contributed by atoms with van der Waals surface area (Å²) in [7, 11) is 0. The first kappa shape index (κ1) is 19.9. The molecule has 0 radical (unpaired) electrons. The van der Waals surface area contributed by atoms with E-state index in [9.17, 15) is 35.9 Å². The molecule has 5 nitrogen and oxygen atoms in total. The van der Waals surface area contributed by atoms with E-state index in [2.05, 4.69) is 0 Å². The molecule has 0 atom stereocenters. The number of benzene rings is 1. The van der Waals surface area contributed by atoms with Gasteiger partial charge in [-0.2, -0.15) is 26.3 Å². The van der Waals surface area contributed by atoms with E-state index >= 15 is 0 Å². The average Bonchev–Trinajstić information content (AvgIpc) is 2.82. The molecule has 0 aliphatic heterocycles. The fourth-order valence-electron chi connectivity index (χ4n) is 2.39. The number of hydrogen-bond donors (Lipinski definition) is 3. The van der Waals surface area contributed by atoms with Crippen LogP contribution in [-0.4, -0.2) is 28.5 Å². The number of aromatic nitrogens is 2. The van der Waals surface area contributed by atoms with Gasteiger partial charge in [-0.1, -0.05) is 11.6 Å². The molecule has 1 aromatic heterocycles. The molecule has 12 heteroatoms. The van der Waals surface area contributed by atoms with Gasteiger partial charge >= 0.3 is 12.4 Å². The first-order valence-electron chi connectivity index (χ1n) is 6.80. The third kappa shape index (κ3) is 3.18. The van der Waals surface area contributed by atoms with Crippen LogP contribution in [0, 0.1) is 6.92 Å². The first-order valence-corrected chi connectivity index (χ1v) is 7.18. The van der Waals surface area contributed by atoms with Crippen molar-refractivity contribution in [3.8, 4) is 0 Å². The third-order valence-corrected chi connectivity index (χ3v) is 3.85. The lowest BCUT2D eigenvalue weighted by molar-refractivity contribution is -0.310. The van der Waals surface area contributed by atoms with Gasteiger partial charge in [-0.25, -0.2) is 0 Å². The van der Waals surface area contributed by atoms with Gasteiger partial charge in [-0.15, -0.1) is 0 Å². The highest BCUT2D eigenvalue weighted by Gasteiger charge is 2.74. The Kier molecular flexibility index (Phi) is 4.88. The van der Waals surface area contributed by atoms with Crippen LogP contribution in [0.4, 0.5) is 26.3 Å². The van der Waals surface area contributed by atoms with Crippen LogP contribution in [-0.2, 0) is 5.54 Å². The second kappa shape index (κ2) is 6.38. The highest BCUT2D eigenvalue weighted by Crippen LogP contribution is 2.50. The Morgan fingerprint density at radius 2 is 1.50 bits per heavy atom. The minimum Gasteiger partial charge on any atom is -0.327 e. The van der Waals surface area contributed by atoms with Gasteiger partial charge in [0.25, 0.3) is 17.0 Å². The number of carbonyl (C=O) groups is 1. The molecule has 0 bridgehead atoms. The quantitative estimate of drug-likeness (QED) is 0.689. The van der Waals surface area contributed by atoms with Crippen molar-refractivity contribution in [1.29, 1.82) is 0 Å². The van der Waals surface area contributed by atoms with Gasteiger partial charge in [0.15, 0.2) is 0 Å². The van der Waals surface area contributed by atoms with Crippen molar-refractivity contribution in [3.63, 3.8) is 0 Å². The molecule has 142 valence electrons. The normalized spacial score (nSPS) is 12.9. The number of aryl methyl sites for hydroxylation is 1. The maximum absolute atomic E-state index is 13.6. The van der Waals surface area contributed by atoms with E-state index < -0.39 is 46.2 Å². The van der Waals surface area contributed by atoms with Gasteiger partial charge in [-0.3, -0.25) is 14.7 Å². The summed E-state index contributed by atoms with van der Waals surface area (Å²) < 4.78 is 81.7. The van der Waals surface area contributed by atoms with Crippen molar-refractivity contribution < 1.29 is 31.1 Å². The Morgan fingerprint density at radius 1 is 1.00 bits per heavy atom. The summed E-state index contributed by atoms with van der Waals surface area (Å²) in [5, 5.41) is 4.64. The molecule has 1 amide bonds. The number of H-pyrrole nitrogens is 2. The highest BCUT2D eigenvalue weighted by molar-refractivity contribution is 6.30. The van der Waals surface area contributed by atoms with Gasteiger partial charge in [0.2, 0.25) is 0 Å². The van der Waals surface area contributed by atoms with Crippen molar-refractivity contribution in [1.82, 2.24) is 15.5 Å². The smallest absolute Gasteiger partial charge is 0.327 e. The minimum absolute atomic E-state index is 0.123. The number of halogens is 7. The summed E-state index contributed by atoms with van der Waals surface area (Å²) >= 11 is 5.58. The van der Waals surface area contributed by atoms with E-state index in [1.165, 1.54) is 0 Å². The Morgan fingerprint density at radius 3 is 1.88 bits per heavy atom. The number of amides is 1. The minimum atomic E-state index is -6.06. The van der Waals surface area contributed by atoms with E-state index in [-0.39, 0.29) is 5.02 Å². The summed E-state index contributed by atoms with van der Waals surface area (Å²) in [6, 6.07) is 4.13. The molecule has 0 unspecified atom stereocenters.